The van der Waals surface area contributed by atoms with Gasteiger partial charge >= 0.3 is 0 Å². The first-order valence-electron chi connectivity index (χ1n) is 7.06. The summed E-state index contributed by atoms with van der Waals surface area (Å²) >= 11 is 3.60. The van der Waals surface area contributed by atoms with Crippen LogP contribution in [0.2, 0.25) is 0 Å². The van der Waals surface area contributed by atoms with E-state index in [0.717, 1.165) is 18.0 Å². The van der Waals surface area contributed by atoms with E-state index in [0.29, 0.717) is 6.04 Å². The number of thiazole rings is 1. The smallest absolute Gasteiger partial charge is 0.103 e. The SMILES string of the molecule is CCCNC(C)c1ccc(SCc2nc(C)cs2)cc1. The van der Waals surface area contributed by atoms with Crippen LogP contribution >= 0.6 is 23.1 Å². The first kappa shape index (κ1) is 15.5. The van der Waals surface area contributed by atoms with Crippen molar-refractivity contribution in [1.82, 2.24) is 10.3 Å². The second-order valence-corrected chi connectivity index (χ2v) is 6.91. The number of benzene rings is 1. The molecule has 108 valence electrons. The van der Waals surface area contributed by atoms with Gasteiger partial charge in [0.25, 0.3) is 0 Å². The second kappa shape index (κ2) is 7.81. The fourth-order valence-electron chi connectivity index (χ4n) is 1.95. The van der Waals surface area contributed by atoms with Gasteiger partial charge in [0, 0.05) is 22.0 Å². The molecular formula is C16H22N2S2. The normalized spacial score (nSPS) is 12.6. The van der Waals surface area contributed by atoms with Crippen molar-refractivity contribution in [2.75, 3.05) is 6.54 Å². The van der Waals surface area contributed by atoms with E-state index in [1.807, 2.05) is 18.7 Å². The molecule has 2 aromatic rings. The number of thioether (sulfide) groups is 1. The van der Waals surface area contributed by atoms with E-state index in [-0.39, 0.29) is 0 Å². The molecule has 1 heterocycles. The number of rotatable bonds is 7. The number of hydrogen-bond acceptors (Lipinski definition) is 4. The van der Waals surface area contributed by atoms with Gasteiger partial charge in [-0.2, -0.15) is 0 Å². The fraction of sp³-hybridized carbons (Fsp3) is 0.438. The van der Waals surface area contributed by atoms with Crippen molar-refractivity contribution in [2.24, 2.45) is 0 Å². The number of nitrogens with zero attached hydrogens (tertiary/aromatic N) is 1. The first-order valence-corrected chi connectivity index (χ1v) is 8.92. The second-order valence-electron chi connectivity index (χ2n) is 4.92. The van der Waals surface area contributed by atoms with Crippen LogP contribution in [0.1, 0.15) is 42.6 Å². The van der Waals surface area contributed by atoms with Gasteiger partial charge in [0.1, 0.15) is 5.01 Å². The molecule has 1 atom stereocenters. The molecule has 0 bridgehead atoms. The minimum absolute atomic E-state index is 0.426. The van der Waals surface area contributed by atoms with Crippen LogP contribution in [0.15, 0.2) is 34.5 Å². The molecule has 2 rings (SSSR count). The average Bonchev–Trinajstić information content (AvgIpc) is 2.89. The molecule has 0 aliphatic heterocycles. The van der Waals surface area contributed by atoms with Crippen LogP contribution in [-0.4, -0.2) is 11.5 Å². The molecule has 2 nitrogen and oxygen atoms in total. The summed E-state index contributed by atoms with van der Waals surface area (Å²) in [5, 5.41) is 6.83. The molecule has 1 aromatic heterocycles. The highest BCUT2D eigenvalue weighted by Crippen LogP contribution is 2.25. The molecule has 0 fully saturated rings. The summed E-state index contributed by atoms with van der Waals surface area (Å²) in [5.41, 5.74) is 2.48. The first-order chi connectivity index (χ1) is 9.69. The van der Waals surface area contributed by atoms with E-state index in [9.17, 15) is 0 Å². The maximum Gasteiger partial charge on any atom is 0.103 e. The highest BCUT2D eigenvalue weighted by molar-refractivity contribution is 7.98. The van der Waals surface area contributed by atoms with Gasteiger partial charge in [0.05, 0.1) is 5.75 Å². The van der Waals surface area contributed by atoms with Gasteiger partial charge in [0.2, 0.25) is 0 Å². The van der Waals surface area contributed by atoms with Gasteiger partial charge in [-0.05, 0) is 44.5 Å². The predicted molar refractivity (Wildman–Crippen MR) is 89.6 cm³/mol. The largest absolute Gasteiger partial charge is 0.310 e. The Morgan fingerprint density at radius 2 is 2.05 bits per heavy atom. The van der Waals surface area contributed by atoms with E-state index in [4.69, 9.17) is 0 Å². The van der Waals surface area contributed by atoms with Gasteiger partial charge < -0.3 is 5.32 Å². The molecule has 0 aliphatic rings. The van der Waals surface area contributed by atoms with Gasteiger partial charge in [-0.15, -0.1) is 23.1 Å². The summed E-state index contributed by atoms with van der Waals surface area (Å²) < 4.78 is 0. The Morgan fingerprint density at radius 1 is 1.30 bits per heavy atom. The zero-order valence-electron chi connectivity index (χ0n) is 12.3. The molecule has 0 aliphatic carbocycles. The molecule has 0 saturated carbocycles. The van der Waals surface area contributed by atoms with Gasteiger partial charge in [0.15, 0.2) is 0 Å². The van der Waals surface area contributed by atoms with Crippen LogP contribution in [-0.2, 0) is 5.75 Å². The third-order valence-corrected chi connectivity index (χ3v) is 5.28. The zero-order chi connectivity index (χ0) is 14.4. The quantitative estimate of drug-likeness (QED) is 0.743. The molecule has 0 saturated heterocycles. The highest BCUT2D eigenvalue weighted by Gasteiger charge is 2.05. The van der Waals surface area contributed by atoms with Gasteiger partial charge in [-0.3, -0.25) is 0 Å². The average molecular weight is 306 g/mol. The lowest BCUT2D eigenvalue weighted by Gasteiger charge is -2.13. The lowest BCUT2D eigenvalue weighted by Crippen LogP contribution is -2.19. The van der Waals surface area contributed by atoms with Crippen LogP contribution in [0.5, 0.6) is 0 Å². The lowest BCUT2D eigenvalue weighted by molar-refractivity contribution is 0.570. The molecule has 0 amide bonds. The number of aromatic nitrogens is 1. The standard InChI is InChI=1S/C16H22N2S2/c1-4-9-17-13(3)14-5-7-15(8-6-14)19-11-16-18-12(2)10-20-16/h5-8,10,13,17H,4,9,11H2,1-3H3. The van der Waals surface area contributed by atoms with Crippen LogP contribution < -0.4 is 5.32 Å². The van der Waals surface area contributed by atoms with Crippen LogP contribution in [0.4, 0.5) is 0 Å². The number of hydrogen-bond donors (Lipinski definition) is 1. The molecule has 4 heteroatoms. The van der Waals surface area contributed by atoms with Crippen molar-refractivity contribution in [3.05, 3.63) is 45.9 Å². The van der Waals surface area contributed by atoms with E-state index < -0.39 is 0 Å². The zero-order valence-corrected chi connectivity index (χ0v) is 14.0. The summed E-state index contributed by atoms with van der Waals surface area (Å²) in [7, 11) is 0. The summed E-state index contributed by atoms with van der Waals surface area (Å²) in [5.74, 6) is 0.960. The molecule has 0 spiro atoms. The maximum absolute atomic E-state index is 4.49. The van der Waals surface area contributed by atoms with E-state index in [1.54, 1.807) is 11.3 Å². The highest BCUT2D eigenvalue weighted by atomic mass is 32.2. The Balaban J connectivity index is 1.87. The van der Waals surface area contributed by atoms with Crippen molar-refractivity contribution in [2.45, 2.75) is 43.9 Å². The third-order valence-electron chi connectivity index (χ3n) is 3.11. The summed E-state index contributed by atoms with van der Waals surface area (Å²) in [6.45, 7) is 7.53. The van der Waals surface area contributed by atoms with Crippen molar-refractivity contribution in [1.29, 1.82) is 0 Å². The summed E-state index contributed by atoms with van der Waals surface area (Å²) in [6, 6.07) is 9.30. The molecule has 20 heavy (non-hydrogen) atoms. The van der Waals surface area contributed by atoms with E-state index >= 15 is 0 Å². The van der Waals surface area contributed by atoms with Crippen LogP contribution in [0.3, 0.4) is 0 Å². The van der Waals surface area contributed by atoms with Crippen molar-refractivity contribution >= 4 is 23.1 Å². The lowest BCUT2D eigenvalue weighted by atomic mass is 10.1. The molecule has 0 radical (unpaired) electrons. The minimum atomic E-state index is 0.426. The molecule has 1 N–H and O–H groups in total. The summed E-state index contributed by atoms with van der Waals surface area (Å²) in [6.07, 6.45) is 1.17. The number of aryl methyl sites for hydroxylation is 1. The van der Waals surface area contributed by atoms with E-state index in [1.165, 1.54) is 21.9 Å². The Bertz CT molecular complexity index is 520. The Kier molecular flexibility index (Phi) is 6.07. The molecule has 1 unspecified atom stereocenters. The van der Waals surface area contributed by atoms with Crippen molar-refractivity contribution in [3.8, 4) is 0 Å². The van der Waals surface area contributed by atoms with Gasteiger partial charge in [-0.25, -0.2) is 4.98 Å². The fourth-order valence-corrected chi connectivity index (χ4v) is 3.63. The third kappa shape index (κ3) is 4.62. The monoisotopic (exact) mass is 306 g/mol. The summed E-state index contributed by atoms with van der Waals surface area (Å²) in [4.78, 5) is 5.80. The van der Waals surface area contributed by atoms with Crippen molar-refractivity contribution < 1.29 is 0 Å². The topological polar surface area (TPSA) is 24.9 Å². The number of nitrogens with one attached hydrogen (secondary N) is 1. The predicted octanol–water partition coefficient (Wildman–Crippen LogP) is 4.80. The van der Waals surface area contributed by atoms with Gasteiger partial charge in [-0.1, -0.05) is 19.1 Å². The Morgan fingerprint density at radius 3 is 2.65 bits per heavy atom. The Hall–Kier alpha value is -0.840. The molecule has 1 aromatic carbocycles. The maximum atomic E-state index is 4.49. The molecular weight excluding hydrogens is 284 g/mol. The Labute approximate surface area is 130 Å². The van der Waals surface area contributed by atoms with Crippen molar-refractivity contribution in [3.63, 3.8) is 0 Å². The van der Waals surface area contributed by atoms with E-state index in [2.05, 4.69) is 53.8 Å². The minimum Gasteiger partial charge on any atom is -0.310 e. The van der Waals surface area contributed by atoms with Crippen LogP contribution in [0, 0.1) is 6.92 Å². The van der Waals surface area contributed by atoms with Crippen LogP contribution in [0.25, 0.3) is 0 Å².